The summed E-state index contributed by atoms with van der Waals surface area (Å²) in [6.45, 7) is -2.75. The molecule has 0 radical (unpaired) electrons. The van der Waals surface area contributed by atoms with Crippen LogP contribution in [0.4, 0.5) is 13.2 Å². The zero-order chi connectivity index (χ0) is 19.6. The number of alkyl halides is 2. The maximum atomic E-state index is 14.1. The maximum absolute atomic E-state index is 14.1. The van der Waals surface area contributed by atoms with Gasteiger partial charge in [0.1, 0.15) is 5.82 Å². The largest absolute Gasteiger partial charge is 0.493 e. The third kappa shape index (κ3) is 4.74. The monoisotopic (exact) mass is 443 g/mol. The van der Waals surface area contributed by atoms with E-state index in [2.05, 4.69) is 20.7 Å². The Hall–Kier alpha value is -2.22. The van der Waals surface area contributed by atoms with Gasteiger partial charge in [0.25, 0.3) is 5.91 Å². The number of ether oxygens (including phenoxy) is 2. The third-order valence-corrected chi connectivity index (χ3v) is 4.70. The third-order valence-electron chi connectivity index (χ3n) is 4.20. The number of nitrogens with zero attached hydrogens (tertiary/aromatic N) is 1. The molecule has 8 heteroatoms. The van der Waals surface area contributed by atoms with Crippen LogP contribution >= 0.6 is 15.9 Å². The second-order valence-corrected chi connectivity index (χ2v) is 7.07. The van der Waals surface area contributed by atoms with Gasteiger partial charge in [0, 0.05) is 17.1 Å². The van der Waals surface area contributed by atoms with Crippen molar-refractivity contribution in [3.8, 4) is 11.5 Å². The smallest absolute Gasteiger partial charge is 0.387 e. The number of halogens is 4. The number of rotatable bonds is 7. The summed E-state index contributed by atoms with van der Waals surface area (Å²) in [5.41, 5.74) is 0.657. The highest BCUT2D eigenvalue weighted by Crippen LogP contribution is 2.34. The molecule has 0 bridgehead atoms. The van der Waals surface area contributed by atoms with Crippen molar-refractivity contribution < 1.29 is 27.4 Å². The molecular formula is C19H17BrF3NO3. The van der Waals surface area contributed by atoms with Crippen LogP contribution in [0, 0.1) is 5.82 Å². The van der Waals surface area contributed by atoms with Crippen molar-refractivity contribution in [2.75, 3.05) is 7.11 Å². The molecule has 1 aliphatic rings. The van der Waals surface area contributed by atoms with E-state index in [9.17, 15) is 18.0 Å². The molecule has 0 saturated heterocycles. The Kier molecular flexibility index (Phi) is 5.94. The van der Waals surface area contributed by atoms with Gasteiger partial charge >= 0.3 is 6.61 Å². The average Bonchev–Trinajstić information content (AvgIpc) is 3.46. The minimum atomic E-state index is -2.96. The van der Waals surface area contributed by atoms with E-state index in [-0.39, 0.29) is 29.6 Å². The zero-order valence-electron chi connectivity index (χ0n) is 14.4. The van der Waals surface area contributed by atoms with Crippen LogP contribution in [-0.4, -0.2) is 30.6 Å². The molecule has 0 unspecified atom stereocenters. The summed E-state index contributed by atoms with van der Waals surface area (Å²) in [4.78, 5) is 14.5. The highest BCUT2D eigenvalue weighted by atomic mass is 79.9. The first-order chi connectivity index (χ1) is 12.9. The lowest BCUT2D eigenvalue weighted by atomic mass is 10.1. The Morgan fingerprint density at radius 3 is 2.59 bits per heavy atom. The van der Waals surface area contributed by atoms with E-state index in [1.54, 1.807) is 11.0 Å². The Morgan fingerprint density at radius 1 is 1.22 bits per heavy atom. The fourth-order valence-corrected chi connectivity index (χ4v) is 3.13. The summed E-state index contributed by atoms with van der Waals surface area (Å²) in [5.74, 6) is -0.946. The van der Waals surface area contributed by atoms with E-state index in [4.69, 9.17) is 4.74 Å². The van der Waals surface area contributed by atoms with Gasteiger partial charge in [0.15, 0.2) is 11.5 Å². The molecule has 0 aromatic heterocycles. The molecule has 144 valence electrons. The van der Waals surface area contributed by atoms with Crippen molar-refractivity contribution in [1.82, 2.24) is 4.90 Å². The summed E-state index contributed by atoms with van der Waals surface area (Å²) >= 11 is 3.25. The second kappa shape index (κ2) is 8.21. The first kappa shape index (κ1) is 19.5. The molecular weight excluding hydrogens is 427 g/mol. The minimum Gasteiger partial charge on any atom is -0.493 e. The van der Waals surface area contributed by atoms with Crippen molar-refractivity contribution in [1.29, 1.82) is 0 Å². The molecule has 1 aliphatic carbocycles. The standard InChI is InChI=1S/C19H17BrF3NO3/c1-26-17-8-11(2-7-16(17)27-19(22)23)10-24(13-4-5-13)18(25)14-9-12(20)3-6-15(14)21/h2-3,6-9,13,19H,4-5,10H2,1H3. The van der Waals surface area contributed by atoms with E-state index < -0.39 is 18.3 Å². The lowest BCUT2D eigenvalue weighted by Crippen LogP contribution is -2.33. The highest BCUT2D eigenvalue weighted by Gasteiger charge is 2.34. The van der Waals surface area contributed by atoms with Gasteiger partial charge in [-0.05, 0) is 48.7 Å². The van der Waals surface area contributed by atoms with Crippen LogP contribution in [0.1, 0.15) is 28.8 Å². The van der Waals surface area contributed by atoms with Crippen LogP contribution in [0.3, 0.4) is 0 Å². The van der Waals surface area contributed by atoms with Gasteiger partial charge in [-0.2, -0.15) is 8.78 Å². The second-order valence-electron chi connectivity index (χ2n) is 6.15. The lowest BCUT2D eigenvalue weighted by Gasteiger charge is -2.23. The number of benzene rings is 2. The Labute approximate surface area is 163 Å². The van der Waals surface area contributed by atoms with Crippen molar-refractivity contribution >= 4 is 21.8 Å². The summed E-state index contributed by atoms with van der Waals surface area (Å²) in [6, 6.07) is 8.74. The predicted octanol–water partition coefficient (Wildman–Crippen LogP) is 5.00. The van der Waals surface area contributed by atoms with Crippen molar-refractivity contribution in [2.45, 2.75) is 32.0 Å². The minimum absolute atomic E-state index is 0.0131. The summed E-state index contributed by atoms with van der Waals surface area (Å²) < 4.78 is 49.1. The number of methoxy groups -OCH3 is 1. The molecule has 0 spiro atoms. The molecule has 1 amide bonds. The highest BCUT2D eigenvalue weighted by molar-refractivity contribution is 9.10. The van der Waals surface area contributed by atoms with Gasteiger partial charge < -0.3 is 14.4 Å². The summed E-state index contributed by atoms with van der Waals surface area (Å²) in [6.07, 6.45) is 1.68. The fourth-order valence-electron chi connectivity index (χ4n) is 2.77. The lowest BCUT2D eigenvalue weighted by molar-refractivity contribution is -0.0512. The average molecular weight is 444 g/mol. The fraction of sp³-hybridized carbons (Fsp3) is 0.316. The molecule has 0 aliphatic heterocycles. The molecule has 3 rings (SSSR count). The van der Waals surface area contributed by atoms with Crippen LogP contribution < -0.4 is 9.47 Å². The van der Waals surface area contributed by atoms with E-state index in [0.717, 1.165) is 12.8 Å². The van der Waals surface area contributed by atoms with Crippen LogP contribution in [0.5, 0.6) is 11.5 Å². The van der Waals surface area contributed by atoms with E-state index in [0.29, 0.717) is 10.0 Å². The van der Waals surface area contributed by atoms with E-state index >= 15 is 0 Å². The zero-order valence-corrected chi connectivity index (χ0v) is 16.0. The van der Waals surface area contributed by atoms with Crippen LogP contribution in [-0.2, 0) is 6.54 Å². The van der Waals surface area contributed by atoms with Crippen molar-refractivity contribution in [3.05, 3.63) is 57.8 Å². The summed E-state index contributed by atoms with van der Waals surface area (Å²) in [5, 5.41) is 0. The first-order valence-corrected chi connectivity index (χ1v) is 9.06. The molecule has 4 nitrogen and oxygen atoms in total. The van der Waals surface area contributed by atoms with Gasteiger partial charge in [-0.1, -0.05) is 22.0 Å². The van der Waals surface area contributed by atoms with Gasteiger partial charge in [-0.15, -0.1) is 0 Å². The van der Waals surface area contributed by atoms with Crippen molar-refractivity contribution in [3.63, 3.8) is 0 Å². The molecule has 0 N–H and O–H groups in total. The van der Waals surface area contributed by atoms with Gasteiger partial charge in [0.2, 0.25) is 0 Å². The normalized spacial score (nSPS) is 13.6. The molecule has 1 saturated carbocycles. The SMILES string of the molecule is COc1cc(CN(C(=O)c2cc(Br)ccc2F)C2CC2)ccc1OC(F)F. The Bertz CT molecular complexity index is 843. The Morgan fingerprint density at radius 2 is 1.96 bits per heavy atom. The van der Waals surface area contributed by atoms with Gasteiger partial charge in [-0.25, -0.2) is 4.39 Å². The van der Waals surface area contributed by atoms with Crippen LogP contribution in [0.25, 0.3) is 0 Å². The maximum Gasteiger partial charge on any atom is 0.387 e. The molecule has 27 heavy (non-hydrogen) atoms. The number of hydrogen-bond acceptors (Lipinski definition) is 3. The predicted molar refractivity (Wildman–Crippen MR) is 96.6 cm³/mol. The molecule has 0 heterocycles. The van der Waals surface area contributed by atoms with Crippen LogP contribution in [0.2, 0.25) is 0 Å². The number of carbonyl (C=O) groups is 1. The van der Waals surface area contributed by atoms with Gasteiger partial charge in [-0.3, -0.25) is 4.79 Å². The topological polar surface area (TPSA) is 38.8 Å². The first-order valence-electron chi connectivity index (χ1n) is 8.26. The number of hydrogen-bond donors (Lipinski definition) is 0. The number of carbonyl (C=O) groups excluding carboxylic acids is 1. The van der Waals surface area contributed by atoms with Gasteiger partial charge in [0.05, 0.1) is 12.7 Å². The molecule has 2 aromatic rings. The number of amides is 1. The van der Waals surface area contributed by atoms with E-state index in [1.165, 1.54) is 37.4 Å². The molecule has 1 fully saturated rings. The molecule has 2 aromatic carbocycles. The van der Waals surface area contributed by atoms with Crippen molar-refractivity contribution in [2.24, 2.45) is 0 Å². The summed E-state index contributed by atoms with van der Waals surface area (Å²) in [7, 11) is 1.35. The van der Waals surface area contributed by atoms with E-state index in [1.807, 2.05) is 0 Å². The molecule has 0 atom stereocenters. The Balaban J connectivity index is 1.85. The van der Waals surface area contributed by atoms with Crippen LogP contribution in [0.15, 0.2) is 40.9 Å². The quantitative estimate of drug-likeness (QED) is 0.604.